The van der Waals surface area contributed by atoms with Crippen LogP contribution in [0, 0.1) is 17.2 Å². The van der Waals surface area contributed by atoms with Gasteiger partial charge in [-0.3, -0.25) is 0 Å². The number of hydrogen-bond donors (Lipinski definition) is 1. The van der Waals surface area contributed by atoms with Crippen LogP contribution < -0.4 is 10.1 Å². The number of benzene rings is 1. The highest BCUT2D eigenvalue weighted by molar-refractivity contribution is 5.41. The third kappa shape index (κ3) is 4.08. The molecule has 0 fully saturated rings. The van der Waals surface area contributed by atoms with Crippen LogP contribution in [0.25, 0.3) is 0 Å². The van der Waals surface area contributed by atoms with Crippen molar-refractivity contribution in [2.75, 3.05) is 13.7 Å². The van der Waals surface area contributed by atoms with Crippen molar-refractivity contribution in [3.63, 3.8) is 0 Å². The topological polar surface area (TPSA) is 45.0 Å². The van der Waals surface area contributed by atoms with Crippen molar-refractivity contribution < 1.29 is 4.74 Å². The lowest BCUT2D eigenvalue weighted by atomic mass is 10.1. The van der Waals surface area contributed by atoms with Crippen LogP contribution in [0.3, 0.4) is 0 Å². The van der Waals surface area contributed by atoms with Crippen molar-refractivity contribution in [1.29, 1.82) is 5.26 Å². The van der Waals surface area contributed by atoms with Gasteiger partial charge in [-0.25, -0.2) is 0 Å². The Morgan fingerprint density at radius 3 is 2.82 bits per heavy atom. The summed E-state index contributed by atoms with van der Waals surface area (Å²) in [6.45, 7) is 6.12. The highest BCUT2D eigenvalue weighted by Crippen LogP contribution is 2.19. The van der Waals surface area contributed by atoms with Gasteiger partial charge in [-0.2, -0.15) is 5.26 Å². The molecule has 1 N–H and O–H groups in total. The Bertz CT molecular complexity index is 396. The quantitative estimate of drug-likeness (QED) is 0.820. The van der Waals surface area contributed by atoms with Gasteiger partial charge in [-0.05, 0) is 30.7 Å². The maximum Gasteiger partial charge on any atom is 0.123 e. The first kappa shape index (κ1) is 13.5. The first-order valence-corrected chi connectivity index (χ1v) is 5.99. The van der Waals surface area contributed by atoms with Gasteiger partial charge in [0, 0.05) is 12.1 Å². The van der Waals surface area contributed by atoms with Crippen LogP contribution >= 0.6 is 0 Å². The fraction of sp³-hybridized carbons (Fsp3) is 0.500. The lowest BCUT2D eigenvalue weighted by Gasteiger charge is -2.12. The third-order valence-corrected chi connectivity index (χ3v) is 2.91. The molecule has 1 atom stereocenters. The lowest BCUT2D eigenvalue weighted by molar-refractivity contribution is 0.405. The van der Waals surface area contributed by atoms with Crippen LogP contribution in [0.4, 0.5) is 0 Å². The van der Waals surface area contributed by atoms with Gasteiger partial charge in [-0.1, -0.05) is 20.3 Å². The molecule has 1 unspecified atom stereocenters. The van der Waals surface area contributed by atoms with E-state index >= 15 is 0 Å². The average molecular weight is 232 g/mol. The maximum absolute atomic E-state index is 8.87. The molecule has 0 bridgehead atoms. The van der Waals surface area contributed by atoms with E-state index in [9.17, 15) is 0 Å². The van der Waals surface area contributed by atoms with E-state index in [-0.39, 0.29) is 0 Å². The van der Waals surface area contributed by atoms with E-state index < -0.39 is 0 Å². The number of nitriles is 1. The van der Waals surface area contributed by atoms with E-state index in [4.69, 9.17) is 10.00 Å². The van der Waals surface area contributed by atoms with Gasteiger partial charge in [0.15, 0.2) is 0 Å². The van der Waals surface area contributed by atoms with Crippen LogP contribution in [0.2, 0.25) is 0 Å². The molecule has 0 aliphatic carbocycles. The Morgan fingerprint density at radius 2 is 2.24 bits per heavy atom. The summed E-state index contributed by atoms with van der Waals surface area (Å²) >= 11 is 0. The molecule has 0 amide bonds. The largest absolute Gasteiger partial charge is 0.496 e. The Kier molecular flexibility index (Phi) is 5.51. The van der Waals surface area contributed by atoms with Crippen molar-refractivity contribution in [3.05, 3.63) is 29.3 Å². The molecular formula is C14H20N2O. The molecule has 3 heteroatoms. The molecule has 1 rings (SSSR count). The summed E-state index contributed by atoms with van der Waals surface area (Å²) in [4.78, 5) is 0. The standard InChI is InChI=1S/C14H20N2O/c1-4-11(2)9-16-10-13-7-12(8-15)5-6-14(13)17-3/h5-7,11,16H,4,9-10H2,1-3H3. The second-order valence-electron chi connectivity index (χ2n) is 4.28. The highest BCUT2D eigenvalue weighted by atomic mass is 16.5. The minimum atomic E-state index is 0.667. The summed E-state index contributed by atoms with van der Waals surface area (Å²) in [6, 6.07) is 7.64. The van der Waals surface area contributed by atoms with Gasteiger partial charge in [-0.15, -0.1) is 0 Å². The summed E-state index contributed by atoms with van der Waals surface area (Å²) in [5.41, 5.74) is 1.71. The number of methoxy groups -OCH3 is 1. The Balaban J connectivity index is 2.65. The predicted octanol–water partition coefficient (Wildman–Crippen LogP) is 2.70. The average Bonchev–Trinajstić information content (AvgIpc) is 2.38. The van der Waals surface area contributed by atoms with Crippen LogP contribution in [-0.4, -0.2) is 13.7 Å². The SMILES string of the molecule is CCC(C)CNCc1cc(C#N)ccc1OC. The van der Waals surface area contributed by atoms with E-state index in [1.165, 1.54) is 6.42 Å². The summed E-state index contributed by atoms with van der Waals surface area (Å²) in [5.74, 6) is 1.50. The molecule has 17 heavy (non-hydrogen) atoms. The molecule has 92 valence electrons. The summed E-state index contributed by atoms with van der Waals surface area (Å²) in [7, 11) is 1.65. The van der Waals surface area contributed by atoms with Gasteiger partial charge < -0.3 is 10.1 Å². The number of hydrogen-bond acceptors (Lipinski definition) is 3. The van der Waals surface area contributed by atoms with E-state index in [1.807, 2.05) is 12.1 Å². The zero-order valence-corrected chi connectivity index (χ0v) is 10.8. The van der Waals surface area contributed by atoms with Crippen LogP contribution in [0.5, 0.6) is 5.75 Å². The molecule has 0 saturated heterocycles. The van der Waals surface area contributed by atoms with Crippen LogP contribution in [-0.2, 0) is 6.54 Å². The molecular weight excluding hydrogens is 212 g/mol. The molecule has 0 aliphatic heterocycles. The van der Waals surface area contributed by atoms with Gasteiger partial charge >= 0.3 is 0 Å². The predicted molar refractivity (Wildman–Crippen MR) is 68.9 cm³/mol. The van der Waals surface area contributed by atoms with Gasteiger partial charge in [0.05, 0.1) is 18.7 Å². The molecule has 1 aromatic rings. The molecule has 3 nitrogen and oxygen atoms in total. The highest BCUT2D eigenvalue weighted by Gasteiger charge is 2.05. The number of nitrogens with zero attached hydrogens (tertiary/aromatic N) is 1. The van der Waals surface area contributed by atoms with Crippen molar-refractivity contribution in [2.45, 2.75) is 26.8 Å². The summed E-state index contributed by atoms with van der Waals surface area (Å²) < 4.78 is 5.28. The van der Waals surface area contributed by atoms with Crippen molar-refractivity contribution in [3.8, 4) is 11.8 Å². The van der Waals surface area contributed by atoms with Gasteiger partial charge in [0.2, 0.25) is 0 Å². The van der Waals surface area contributed by atoms with Crippen molar-refractivity contribution in [2.24, 2.45) is 5.92 Å². The third-order valence-electron chi connectivity index (χ3n) is 2.91. The molecule has 1 aromatic carbocycles. The van der Waals surface area contributed by atoms with E-state index in [2.05, 4.69) is 25.2 Å². The normalized spacial score (nSPS) is 11.9. The summed E-state index contributed by atoms with van der Waals surface area (Å²) in [6.07, 6.45) is 1.17. The maximum atomic E-state index is 8.87. The second kappa shape index (κ2) is 6.93. The fourth-order valence-electron chi connectivity index (χ4n) is 1.58. The Labute approximate surface area is 103 Å². The zero-order chi connectivity index (χ0) is 12.7. The molecule has 0 saturated carbocycles. The first-order valence-electron chi connectivity index (χ1n) is 5.99. The lowest BCUT2D eigenvalue weighted by Crippen LogP contribution is -2.20. The van der Waals surface area contributed by atoms with Crippen LogP contribution in [0.15, 0.2) is 18.2 Å². The molecule has 0 aliphatic rings. The smallest absolute Gasteiger partial charge is 0.123 e. The van der Waals surface area contributed by atoms with Crippen molar-refractivity contribution >= 4 is 0 Å². The monoisotopic (exact) mass is 232 g/mol. The molecule has 0 heterocycles. The number of nitrogens with one attached hydrogen (secondary N) is 1. The van der Waals surface area contributed by atoms with Crippen molar-refractivity contribution in [1.82, 2.24) is 5.32 Å². The Morgan fingerprint density at radius 1 is 1.47 bits per heavy atom. The molecule has 0 radical (unpaired) electrons. The number of rotatable bonds is 6. The number of ether oxygens (including phenoxy) is 1. The molecule has 0 aromatic heterocycles. The van der Waals surface area contributed by atoms with E-state index in [0.717, 1.165) is 24.4 Å². The molecule has 0 spiro atoms. The first-order chi connectivity index (χ1) is 8.21. The van der Waals surface area contributed by atoms with E-state index in [1.54, 1.807) is 13.2 Å². The minimum absolute atomic E-state index is 0.667. The van der Waals surface area contributed by atoms with E-state index in [0.29, 0.717) is 11.5 Å². The van der Waals surface area contributed by atoms with Crippen LogP contribution in [0.1, 0.15) is 31.4 Å². The second-order valence-corrected chi connectivity index (χ2v) is 4.28. The minimum Gasteiger partial charge on any atom is -0.496 e. The Hall–Kier alpha value is -1.53. The van der Waals surface area contributed by atoms with Gasteiger partial charge in [0.1, 0.15) is 5.75 Å². The summed E-state index contributed by atoms with van der Waals surface area (Å²) in [5, 5.41) is 12.3. The zero-order valence-electron chi connectivity index (χ0n) is 10.8. The fourth-order valence-corrected chi connectivity index (χ4v) is 1.58. The van der Waals surface area contributed by atoms with Gasteiger partial charge in [0.25, 0.3) is 0 Å².